The summed E-state index contributed by atoms with van der Waals surface area (Å²) < 4.78 is 16.6. The molecule has 0 radical (unpaired) electrons. The van der Waals surface area contributed by atoms with E-state index in [4.69, 9.17) is 14.2 Å². The monoisotopic (exact) mass is 264 g/mol. The number of ether oxygens (including phenoxy) is 3. The zero-order valence-electron chi connectivity index (χ0n) is 11.9. The van der Waals surface area contributed by atoms with Crippen molar-refractivity contribution >= 4 is 5.78 Å². The molecule has 1 aromatic carbocycles. The average Bonchev–Trinajstić information content (AvgIpc) is 2.33. The van der Waals surface area contributed by atoms with Gasteiger partial charge >= 0.3 is 0 Å². The Morgan fingerprint density at radius 1 is 1.42 bits per heavy atom. The van der Waals surface area contributed by atoms with Crippen molar-refractivity contribution in [2.45, 2.75) is 38.9 Å². The number of hydrogen-bond donors (Lipinski definition) is 0. The molecule has 1 aliphatic heterocycles. The van der Waals surface area contributed by atoms with Crippen LogP contribution < -0.4 is 9.47 Å². The Labute approximate surface area is 113 Å². The second-order valence-electron chi connectivity index (χ2n) is 5.48. The highest BCUT2D eigenvalue weighted by atomic mass is 16.5. The van der Waals surface area contributed by atoms with Crippen LogP contribution in [0.25, 0.3) is 0 Å². The molecular formula is C15H20O4. The third-order valence-electron chi connectivity index (χ3n) is 3.11. The molecule has 0 aliphatic carbocycles. The van der Waals surface area contributed by atoms with Gasteiger partial charge in [-0.2, -0.15) is 0 Å². The molecule has 1 heterocycles. The summed E-state index contributed by atoms with van der Waals surface area (Å²) in [5.74, 6) is 1.40. The molecule has 104 valence electrons. The first-order valence-corrected chi connectivity index (χ1v) is 6.43. The Balaban J connectivity index is 2.16. The molecule has 0 saturated carbocycles. The largest absolute Gasteiger partial charge is 0.491 e. The Bertz CT molecular complexity index is 479. The van der Waals surface area contributed by atoms with E-state index in [0.717, 1.165) is 0 Å². The van der Waals surface area contributed by atoms with Gasteiger partial charge in [0.05, 0.1) is 18.1 Å². The van der Waals surface area contributed by atoms with Crippen molar-refractivity contribution < 1.29 is 19.0 Å². The standard InChI is InChI=1S/C15H20O4/c1-10(17-4)9-18-11-5-6-12-13(16)8-15(2,3)19-14(12)7-11/h5-7,10H,8-9H2,1-4H3. The molecule has 0 fully saturated rings. The molecule has 4 heteroatoms. The predicted octanol–water partition coefficient (Wildman–Crippen LogP) is 2.84. The van der Waals surface area contributed by atoms with E-state index >= 15 is 0 Å². The van der Waals surface area contributed by atoms with Gasteiger partial charge in [0.25, 0.3) is 0 Å². The highest BCUT2D eigenvalue weighted by Gasteiger charge is 2.32. The number of ketones is 1. The van der Waals surface area contributed by atoms with Crippen molar-refractivity contribution in [2.75, 3.05) is 13.7 Å². The first-order valence-electron chi connectivity index (χ1n) is 6.43. The highest BCUT2D eigenvalue weighted by Crippen LogP contribution is 2.35. The van der Waals surface area contributed by atoms with E-state index in [2.05, 4.69) is 0 Å². The number of fused-ring (bicyclic) bond motifs is 1. The normalized spacial score (nSPS) is 18.4. The molecule has 0 N–H and O–H groups in total. The second kappa shape index (κ2) is 5.21. The van der Waals surface area contributed by atoms with Gasteiger partial charge in [-0.25, -0.2) is 0 Å². The fourth-order valence-electron chi connectivity index (χ4n) is 2.00. The fourth-order valence-corrected chi connectivity index (χ4v) is 2.00. The van der Waals surface area contributed by atoms with Crippen molar-refractivity contribution in [3.63, 3.8) is 0 Å². The van der Waals surface area contributed by atoms with E-state index < -0.39 is 5.60 Å². The molecule has 4 nitrogen and oxygen atoms in total. The van der Waals surface area contributed by atoms with Crippen molar-refractivity contribution in [3.8, 4) is 11.5 Å². The van der Waals surface area contributed by atoms with Crippen molar-refractivity contribution in [3.05, 3.63) is 23.8 Å². The lowest BCUT2D eigenvalue weighted by atomic mass is 9.93. The first kappa shape index (κ1) is 13.9. The van der Waals surface area contributed by atoms with E-state index in [9.17, 15) is 4.79 Å². The topological polar surface area (TPSA) is 44.8 Å². The number of benzene rings is 1. The summed E-state index contributed by atoms with van der Waals surface area (Å²) >= 11 is 0. The first-order chi connectivity index (χ1) is 8.91. The SMILES string of the molecule is COC(C)COc1ccc2c(c1)OC(C)(C)CC2=O. The van der Waals surface area contributed by atoms with Crippen molar-refractivity contribution in [1.29, 1.82) is 0 Å². The quantitative estimate of drug-likeness (QED) is 0.838. The molecule has 1 aliphatic rings. The maximum atomic E-state index is 12.0. The van der Waals surface area contributed by atoms with Gasteiger partial charge in [0.15, 0.2) is 5.78 Å². The van der Waals surface area contributed by atoms with Crippen LogP contribution in [0.1, 0.15) is 37.6 Å². The lowest BCUT2D eigenvalue weighted by molar-refractivity contribution is 0.0605. The number of rotatable bonds is 4. The van der Waals surface area contributed by atoms with Crippen LogP contribution >= 0.6 is 0 Å². The molecule has 0 spiro atoms. The van der Waals surface area contributed by atoms with Gasteiger partial charge < -0.3 is 14.2 Å². The highest BCUT2D eigenvalue weighted by molar-refractivity contribution is 6.00. The Morgan fingerprint density at radius 3 is 2.84 bits per heavy atom. The second-order valence-corrected chi connectivity index (χ2v) is 5.48. The van der Waals surface area contributed by atoms with Crippen LogP contribution in [-0.4, -0.2) is 31.2 Å². The summed E-state index contributed by atoms with van der Waals surface area (Å²) in [6, 6.07) is 5.33. The summed E-state index contributed by atoms with van der Waals surface area (Å²) in [6.45, 7) is 6.22. The molecular weight excluding hydrogens is 244 g/mol. The predicted molar refractivity (Wildman–Crippen MR) is 72.1 cm³/mol. The molecule has 1 aromatic rings. The minimum atomic E-state index is -0.456. The number of methoxy groups -OCH3 is 1. The maximum Gasteiger partial charge on any atom is 0.170 e. The summed E-state index contributed by atoms with van der Waals surface area (Å²) in [6.07, 6.45) is 0.427. The minimum Gasteiger partial charge on any atom is -0.491 e. The Hall–Kier alpha value is -1.55. The number of carbonyl (C=O) groups excluding carboxylic acids is 1. The molecule has 1 unspecified atom stereocenters. The van der Waals surface area contributed by atoms with Gasteiger partial charge in [-0.05, 0) is 32.9 Å². The molecule has 1 atom stereocenters. The smallest absolute Gasteiger partial charge is 0.170 e. The van der Waals surface area contributed by atoms with Gasteiger partial charge in [0, 0.05) is 13.2 Å². The minimum absolute atomic E-state index is 0.0232. The van der Waals surface area contributed by atoms with Crippen LogP contribution in [0.2, 0.25) is 0 Å². The van der Waals surface area contributed by atoms with Gasteiger partial charge in [0.1, 0.15) is 23.7 Å². The molecule has 0 aromatic heterocycles. The number of carbonyl (C=O) groups is 1. The third-order valence-corrected chi connectivity index (χ3v) is 3.11. The average molecular weight is 264 g/mol. The number of hydrogen-bond acceptors (Lipinski definition) is 4. The maximum absolute atomic E-state index is 12.0. The van der Waals surface area contributed by atoms with Gasteiger partial charge in [0.2, 0.25) is 0 Å². The lowest BCUT2D eigenvalue weighted by Gasteiger charge is -2.31. The van der Waals surface area contributed by atoms with E-state index in [-0.39, 0.29) is 11.9 Å². The zero-order chi connectivity index (χ0) is 14.0. The number of Topliss-reactive ketones (excluding diaryl/α,β-unsaturated/α-hetero) is 1. The van der Waals surface area contributed by atoms with Crippen LogP contribution in [0.15, 0.2) is 18.2 Å². The van der Waals surface area contributed by atoms with E-state index in [1.54, 1.807) is 25.3 Å². The summed E-state index contributed by atoms with van der Waals surface area (Å²) in [5.41, 5.74) is 0.175. The lowest BCUT2D eigenvalue weighted by Crippen LogP contribution is -2.35. The molecule has 0 bridgehead atoms. The van der Waals surface area contributed by atoms with Gasteiger partial charge in [-0.15, -0.1) is 0 Å². The molecule has 0 amide bonds. The van der Waals surface area contributed by atoms with Crippen molar-refractivity contribution in [2.24, 2.45) is 0 Å². The van der Waals surface area contributed by atoms with Gasteiger partial charge in [-0.3, -0.25) is 4.79 Å². The molecule has 2 rings (SSSR count). The van der Waals surface area contributed by atoms with E-state index in [1.165, 1.54) is 0 Å². The Kier molecular flexibility index (Phi) is 3.80. The van der Waals surface area contributed by atoms with Crippen LogP contribution in [0.5, 0.6) is 11.5 Å². The summed E-state index contributed by atoms with van der Waals surface area (Å²) in [4.78, 5) is 12.0. The van der Waals surface area contributed by atoms with Crippen molar-refractivity contribution in [1.82, 2.24) is 0 Å². The Morgan fingerprint density at radius 2 is 2.16 bits per heavy atom. The van der Waals surface area contributed by atoms with Crippen LogP contribution in [0, 0.1) is 0 Å². The summed E-state index contributed by atoms with van der Waals surface area (Å²) in [7, 11) is 1.64. The van der Waals surface area contributed by atoms with Crippen LogP contribution in [0.3, 0.4) is 0 Å². The molecule has 0 saturated heterocycles. The van der Waals surface area contributed by atoms with Crippen LogP contribution in [0.4, 0.5) is 0 Å². The third kappa shape index (κ3) is 3.26. The van der Waals surface area contributed by atoms with E-state index in [0.29, 0.717) is 30.1 Å². The van der Waals surface area contributed by atoms with E-state index in [1.807, 2.05) is 20.8 Å². The van der Waals surface area contributed by atoms with Crippen LogP contribution in [-0.2, 0) is 4.74 Å². The van der Waals surface area contributed by atoms with Gasteiger partial charge in [-0.1, -0.05) is 0 Å². The fraction of sp³-hybridized carbons (Fsp3) is 0.533. The zero-order valence-corrected chi connectivity index (χ0v) is 11.9. The molecule has 19 heavy (non-hydrogen) atoms. The summed E-state index contributed by atoms with van der Waals surface area (Å²) in [5, 5.41) is 0.